The molecular formula is C20H27N5O2S. The maximum Gasteiger partial charge on any atom is 0.275 e. The van der Waals surface area contributed by atoms with Crippen molar-refractivity contribution in [3.8, 4) is 0 Å². The largest absolute Gasteiger partial charge is 0.393 e. The van der Waals surface area contributed by atoms with E-state index in [2.05, 4.69) is 25.8 Å². The van der Waals surface area contributed by atoms with Crippen molar-refractivity contribution in [1.29, 1.82) is 0 Å². The summed E-state index contributed by atoms with van der Waals surface area (Å²) in [6.45, 7) is 3.60. The Morgan fingerprint density at radius 1 is 1.18 bits per heavy atom. The molecule has 0 atom stereocenters. The summed E-state index contributed by atoms with van der Waals surface area (Å²) in [5.74, 6) is -0.195. The van der Waals surface area contributed by atoms with Gasteiger partial charge in [-0.3, -0.25) is 4.79 Å². The van der Waals surface area contributed by atoms with E-state index in [9.17, 15) is 9.90 Å². The van der Waals surface area contributed by atoms with Crippen LogP contribution >= 0.6 is 11.3 Å². The first-order valence-electron chi connectivity index (χ1n) is 9.95. The number of hydrogen-bond donors (Lipinski definition) is 4. The van der Waals surface area contributed by atoms with E-state index in [4.69, 9.17) is 0 Å². The van der Waals surface area contributed by atoms with Gasteiger partial charge in [-0.2, -0.15) is 0 Å². The molecule has 0 unspecified atom stereocenters. The number of benzene rings is 1. The number of aliphatic hydroxyl groups is 1. The Kier molecular flexibility index (Phi) is 6.09. The van der Waals surface area contributed by atoms with Crippen LogP contribution in [0, 0.1) is 0 Å². The molecule has 4 rings (SSSR count). The summed E-state index contributed by atoms with van der Waals surface area (Å²) in [6.07, 6.45) is 3.41. The molecule has 0 bridgehead atoms. The number of aliphatic hydroxyl groups excluding tert-OH is 1. The van der Waals surface area contributed by atoms with Gasteiger partial charge in [0.2, 0.25) is 0 Å². The van der Waals surface area contributed by atoms with Gasteiger partial charge >= 0.3 is 0 Å². The van der Waals surface area contributed by atoms with Crippen LogP contribution in [0.2, 0.25) is 0 Å². The van der Waals surface area contributed by atoms with Crippen LogP contribution in [-0.4, -0.2) is 54.3 Å². The predicted octanol–water partition coefficient (Wildman–Crippen LogP) is 2.52. The van der Waals surface area contributed by atoms with Crippen molar-refractivity contribution in [3.05, 3.63) is 35.3 Å². The minimum Gasteiger partial charge on any atom is -0.393 e. The molecule has 1 amide bonds. The maximum atomic E-state index is 12.7. The van der Waals surface area contributed by atoms with Gasteiger partial charge in [0.1, 0.15) is 5.69 Å². The van der Waals surface area contributed by atoms with Gasteiger partial charge in [-0.1, -0.05) is 12.1 Å². The Balaban J connectivity index is 1.41. The van der Waals surface area contributed by atoms with Crippen LogP contribution in [0.3, 0.4) is 0 Å². The number of nitrogens with one attached hydrogen (secondary N) is 3. The Morgan fingerprint density at radius 3 is 2.71 bits per heavy atom. The van der Waals surface area contributed by atoms with Crippen LogP contribution in [0.1, 0.15) is 36.2 Å². The Bertz CT molecular complexity index is 797. The summed E-state index contributed by atoms with van der Waals surface area (Å²) in [4.78, 5) is 19.4. The van der Waals surface area contributed by atoms with Crippen molar-refractivity contribution in [1.82, 2.24) is 10.3 Å². The van der Waals surface area contributed by atoms with Crippen LogP contribution in [0.4, 0.5) is 16.5 Å². The average molecular weight is 402 g/mol. The summed E-state index contributed by atoms with van der Waals surface area (Å²) in [7, 11) is 0. The summed E-state index contributed by atoms with van der Waals surface area (Å²) < 4.78 is 0. The number of thiazole rings is 1. The fourth-order valence-electron chi connectivity index (χ4n) is 3.73. The van der Waals surface area contributed by atoms with Crippen molar-refractivity contribution < 1.29 is 9.90 Å². The molecule has 2 fully saturated rings. The second-order valence-electron chi connectivity index (χ2n) is 7.40. The molecule has 150 valence electrons. The molecular weight excluding hydrogens is 374 g/mol. The Hall–Kier alpha value is -2.16. The van der Waals surface area contributed by atoms with E-state index >= 15 is 0 Å². The normalized spacial score (nSPS) is 18.8. The zero-order valence-corrected chi connectivity index (χ0v) is 16.7. The van der Waals surface area contributed by atoms with E-state index in [1.807, 2.05) is 24.3 Å². The lowest BCUT2D eigenvalue weighted by Crippen LogP contribution is -2.36. The van der Waals surface area contributed by atoms with Crippen molar-refractivity contribution in [2.45, 2.75) is 37.8 Å². The minimum absolute atomic E-state index is 0.195. The third-order valence-electron chi connectivity index (χ3n) is 5.36. The van der Waals surface area contributed by atoms with Gasteiger partial charge in [-0.25, -0.2) is 4.98 Å². The smallest absolute Gasteiger partial charge is 0.275 e. The fourth-order valence-corrected chi connectivity index (χ4v) is 4.50. The highest BCUT2D eigenvalue weighted by Gasteiger charge is 2.21. The van der Waals surface area contributed by atoms with Crippen molar-refractivity contribution in [2.75, 3.05) is 41.7 Å². The lowest BCUT2D eigenvalue weighted by Gasteiger charge is -2.32. The molecule has 0 radical (unpaired) electrons. The number of piperidine rings is 2. The molecule has 2 aromatic rings. The lowest BCUT2D eigenvalue weighted by molar-refractivity contribution is 0.102. The summed E-state index contributed by atoms with van der Waals surface area (Å²) in [5.41, 5.74) is 2.21. The first-order valence-corrected chi connectivity index (χ1v) is 10.8. The second-order valence-corrected chi connectivity index (χ2v) is 8.25. The standard InChI is InChI=1S/C20H27N5O2S/c26-15-7-11-25(12-8-15)18-4-2-1-3-16(18)23-19(27)17-13-28-20(24-17)22-14-5-9-21-10-6-14/h1-4,13-15,21,26H,5-12H2,(H,22,24)(H,23,27). The highest BCUT2D eigenvalue weighted by molar-refractivity contribution is 7.13. The van der Waals surface area contributed by atoms with Crippen LogP contribution in [0.15, 0.2) is 29.6 Å². The van der Waals surface area contributed by atoms with Crippen LogP contribution < -0.4 is 20.9 Å². The van der Waals surface area contributed by atoms with Crippen molar-refractivity contribution in [2.24, 2.45) is 0 Å². The van der Waals surface area contributed by atoms with Crippen molar-refractivity contribution in [3.63, 3.8) is 0 Å². The van der Waals surface area contributed by atoms with Crippen molar-refractivity contribution >= 4 is 33.8 Å². The van der Waals surface area contributed by atoms with Gasteiger partial charge < -0.3 is 26.0 Å². The third-order valence-corrected chi connectivity index (χ3v) is 6.13. The van der Waals surface area contributed by atoms with E-state index in [1.54, 1.807) is 5.38 Å². The molecule has 28 heavy (non-hydrogen) atoms. The fraction of sp³-hybridized carbons (Fsp3) is 0.500. The highest BCUT2D eigenvalue weighted by Crippen LogP contribution is 2.29. The third kappa shape index (κ3) is 4.63. The van der Waals surface area contributed by atoms with Crippen LogP contribution in [0.5, 0.6) is 0 Å². The van der Waals surface area contributed by atoms with E-state index in [-0.39, 0.29) is 12.0 Å². The first-order chi connectivity index (χ1) is 13.7. The molecule has 7 nitrogen and oxygen atoms in total. The van der Waals surface area contributed by atoms with E-state index in [1.165, 1.54) is 11.3 Å². The molecule has 4 N–H and O–H groups in total. The number of nitrogens with zero attached hydrogens (tertiary/aromatic N) is 2. The SMILES string of the molecule is O=C(Nc1ccccc1N1CCC(O)CC1)c1csc(NC2CCNCC2)n1. The Morgan fingerprint density at radius 2 is 1.93 bits per heavy atom. The summed E-state index contributed by atoms with van der Waals surface area (Å²) in [6, 6.07) is 8.23. The monoisotopic (exact) mass is 401 g/mol. The zero-order valence-electron chi connectivity index (χ0n) is 15.9. The summed E-state index contributed by atoms with van der Waals surface area (Å²) in [5, 5.41) is 22.2. The number of carbonyl (C=O) groups is 1. The molecule has 0 aliphatic carbocycles. The molecule has 8 heteroatoms. The highest BCUT2D eigenvalue weighted by atomic mass is 32.1. The van der Waals surface area contributed by atoms with Gasteiger partial charge in [0.05, 0.1) is 17.5 Å². The number of hydrogen-bond acceptors (Lipinski definition) is 7. The van der Waals surface area contributed by atoms with E-state index in [0.29, 0.717) is 11.7 Å². The number of anilines is 3. The lowest BCUT2D eigenvalue weighted by atomic mass is 10.1. The van der Waals surface area contributed by atoms with E-state index in [0.717, 1.165) is 68.4 Å². The molecule has 0 saturated carbocycles. The van der Waals surface area contributed by atoms with E-state index < -0.39 is 0 Å². The second kappa shape index (κ2) is 8.89. The van der Waals surface area contributed by atoms with Gasteiger partial charge in [-0.05, 0) is 50.9 Å². The number of carbonyl (C=O) groups excluding carboxylic acids is 1. The number of amides is 1. The van der Waals surface area contributed by atoms with Crippen LogP contribution in [-0.2, 0) is 0 Å². The number of para-hydroxylation sites is 2. The number of rotatable bonds is 5. The Labute approximate surface area is 169 Å². The first kappa shape index (κ1) is 19.2. The molecule has 0 spiro atoms. The molecule has 2 aliphatic rings. The van der Waals surface area contributed by atoms with Gasteiger partial charge in [0.15, 0.2) is 5.13 Å². The summed E-state index contributed by atoms with van der Waals surface area (Å²) >= 11 is 1.47. The predicted molar refractivity (Wildman–Crippen MR) is 113 cm³/mol. The molecule has 2 saturated heterocycles. The zero-order chi connectivity index (χ0) is 19.3. The number of aromatic nitrogens is 1. The molecule has 3 heterocycles. The maximum absolute atomic E-state index is 12.7. The quantitative estimate of drug-likeness (QED) is 0.616. The van der Waals surface area contributed by atoms with Gasteiger partial charge in [0, 0.05) is 24.5 Å². The average Bonchev–Trinajstić information content (AvgIpc) is 3.19. The minimum atomic E-state index is -0.223. The molecule has 2 aliphatic heterocycles. The van der Waals surface area contributed by atoms with Gasteiger partial charge in [-0.15, -0.1) is 11.3 Å². The molecule has 1 aromatic heterocycles. The van der Waals surface area contributed by atoms with Gasteiger partial charge in [0.25, 0.3) is 5.91 Å². The topological polar surface area (TPSA) is 89.5 Å². The van der Waals surface area contributed by atoms with Crippen LogP contribution in [0.25, 0.3) is 0 Å². The molecule has 1 aromatic carbocycles.